The molecule has 0 spiro atoms. The molecule has 0 aliphatic carbocycles. The summed E-state index contributed by atoms with van der Waals surface area (Å²) in [6.45, 7) is 9.32. The van der Waals surface area contributed by atoms with E-state index in [-0.39, 0.29) is 28.9 Å². The lowest BCUT2D eigenvalue weighted by Crippen LogP contribution is -2.50. The largest absolute Gasteiger partial charge is 0.355 e. The number of nitrogens with zero attached hydrogens (tertiary/aromatic N) is 2. The van der Waals surface area contributed by atoms with E-state index in [4.69, 9.17) is 0 Å². The van der Waals surface area contributed by atoms with Crippen molar-refractivity contribution in [1.29, 1.82) is 0 Å². The Labute approximate surface area is 186 Å². The minimum absolute atomic E-state index is 0. The molecule has 0 radical (unpaired) electrons. The van der Waals surface area contributed by atoms with Crippen molar-refractivity contribution in [2.24, 2.45) is 4.99 Å². The molecular weight excluding hydrogens is 489 g/mol. The Kier molecular flexibility index (Phi) is 10.7. The van der Waals surface area contributed by atoms with Gasteiger partial charge < -0.3 is 15.5 Å². The number of aliphatic imine (C=N–C) groups is 1. The highest BCUT2D eigenvalue weighted by Gasteiger charge is 2.21. The number of sulfonamides is 1. The topological polar surface area (TPSA) is 85.8 Å². The van der Waals surface area contributed by atoms with Crippen LogP contribution in [0.15, 0.2) is 34.2 Å². The van der Waals surface area contributed by atoms with Crippen LogP contribution >= 0.6 is 24.0 Å². The monoisotopic (exact) mass is 523 g/mol. The lowest BCUT2D eigenvalue weighted by atomic mass is 10.0. The maximum absolute atomic E-state index is 12.3. The Hall–Kier alpha value is -0.910. The molecule has 1 aliphatic heterocycles. The van der Waals surface area contributed by atoms with Crippen molar-refractivity contribution < 1.29 is 8.42 Å². The van der Waals surface area contributed by atoms with Crippen molar-refractivity contribution in [2.75, 3.05) is 33.2 Å². The summed E-state index contributed by atoms with van der Waals surface area (Å²) in [6.07, 6.45) is 2.16. The van der Waals surface area contributed by atoms with Gasteiger partial charge in [0, 0.05) is 45.3 Å². The summed E-state index contributed by atoms with van der Waals surface area (Å²) in [6, 6.07) is 7.82. The number of likely N-dealkylation sites (tertiary alicyclic amines) is 1. The smallest absolute Gasteiger partial charge is 0.240 e. The minimum Gasteiger partial charge on any atom is -0.355 e. The fourth-order valence-corrected chi connectivity index (χ4v) is 4.15. The number of hydrogen-bond acceptors (Lipinski definition) is 4. The van der Waals surface area contributed by atoms with Crippen molar-refractivity contribution in [2.45, 2.75) is 50.6 Å². The quantitative estimate of drug-likeness (QED) is 0.220. The second-order valence-electron chi connectivity index (χ2n) is 7.26. The molecule has 1 fully saturated rings. The van der Waals surface area contributed by atoms with E-state index in [0.29, 0.717) is 31.1 Å². The van der Waals surface area contributed by atoms with Crippen molar-refractivity contribution in [1.82, 2.24) is 20.3 Å². The van der Waals surface area contributed by atoms with Crippen LogP contribution in [0.5, 0.6) is 0 Å². The second-order valence-corrected chi connectivity index (χ2v) is 9.03. The molecule has 1 saturated heterocycles. The summed E-state index contributed by atoms with van der Waals surface area (Å²) in [5.74, 6) is 0.715. The van der Waals surface area contributed by atoms with Crippen molar-refractivity contribution in [3.8, 4) is 0 Å². The third-order valence-electron chi connectivity index (χ3n) is 4.87. The van der Waals surface area contributed by atoms with Gasteiger partial charge in [-0.1, -0.05) is 17.7 Å². The average Bonchev–Trinajstić information content (AvgIpc) is 2.65. The van der Waals surface area contributed by atoms with Crippen LogP contribution in [-0.2, 0) is 10.0 Å². The highest BCUT2D eigenvalue weighted by Crippen LogP contribution is 2.12. The first kappa shape index (κ1) is 25.1. The number of piperidine rings is 1. The van der Waals surface area contributed by atoms with Crippen molar-refractivity contribution in [3.63, 3.8) is 0 Å². The maximum atomic E-state index is 12.3. The van der Waals surface area contributed by atoms with Gasteiger partial charge in [0.25, 0.3) is 0 Å². The number of nitrogens with one attached hydrogen (secondary N) is 3. The van der Waals surface area contributed by atoms with Crippen LogP contribution in [0.2, 0.25) is 0 Å². The van der Waals surface area contributed by atoms with E-state index in [1.807, 2.05) is 6.92 Å². The third kappa shape index (κ3) is 7.84. The molecule has 0 aromatic heterocycles. The Morgan fingerprint density at radius 3 is 2.32 bits per heavy atom. The molecule has 1 aromatic carbocycles. The van der Waals surface area contributed by atoms with Crippen molar-refractivity contribution in [3.05, 3.63) is 29.8 Å². The highest BCUT2D eigenvalue weighted by atomic mass is 127. The first-order valence-corrected chi connectivity index (χ1v) is 11.1. The van der Waals surface area contributed by atoms with Gasteiger partial charge >= 0.3 is 0 Å². The Balaban J connectivity index is 0.00000392. The van der Waals surface area contributed by atoms with E-state index >= 15 is 0 Å². The molecule has 1 aliphatic rings. The molecule has 160 valence electrons. The number of halogens is 1. The SMILES string of the molecule is CN=C(NCCNS(=O)(=O)c1ccc(C)cc1)NC1CCN(C(C)C)CC1.I. The predicted molar refractivity (Wildman–Crippen MR) is 126 cm³/mol. The number of aryl methyl sites for hydroxylation is 1. The van der Waals surface area contributed by atoms with E-state index in [1.54, 1.807) is 31.3 Å². The lowest BCUT2D eigenvalue weighted by molar-refractivity contribution is 0.167. The van der Waals surface area contributed by atoms with E-state index in [2.05, 4.69) is 39.1 Å². The van der Waals surface area contributed by atoms with Gasteiger partial charge in [0.2, 0.25) is 10.0 Å². The molecule has 3 N–H and O–H groups in total. The summed E-state index contributed by atoms with van der Waals surface area (Å²) < 4.78 is 27.2. The van der Waals surface area contributed by atoms with Crippen LogP contribution in [-0.4, -0.2) is 64.6 Å². The molecule has 0 amide bonds. The zero-order valence-electron chi connectivity index (χ0n) is 17.2. The molecule has 28 heavy (non-hydrogen) atoms. The first-order chi connectivity index (χ1) is 12.8. The average molecular weight is 523 g/mol. The van der Waals surface area contributed by atoms with Gasteiger partial charge in [-0.05, 0) is 45.7 Å². The van der Waals surface area contributed by atoms with Gasteiger partial charge in [0.15, 0.2) is 5.96 Å². The summed E-state index contributed by atoms with van der Waals surface area (Å²) in [5, 5.41) is 6.62. The van der Waals surface area contributed by atoms with Crippen LogP contribution in [0, 0.1) is 6.92 Å². The van der Waals surface area contributed by atoms with Crippen LogP contribution < -0.4 is 15.4 Å². The van der Waals surface area contributed by atoms with E-state index in [1.165, 1.54) is 0 Å². The molecule has 2 rings (SSSR count). The van der Waals surface area contributed by atoms with Gasteiger partial charge in [-0.25, -0.2) is 13.1 Å². The summed E-state index contributed by atoms with van der Waals surface area (Å²) >= 11 is 0. The summed E-state index contributed by atoms with van der Waals surface area (Å²) in [4.78, 5) is 7.01. The molecule has 0 saturated carbocycles. The zero-order chi connectivity index (χ0) is 19.9. The number of benzene rings is 1. The number of rotatable bonds is 7. The molecule has 1 heterocycles. The molecule has 1 aromatic rings. The van der Waals surface area contributed by atoms with Crippen LogP contribution in [0.3, 0.4) is 0 Å². The van der Waals surface area contributed by atoms with Crippen LogP contribution in [0.4, 0.5) is 0 Å². The minimum atomic E-state index is -3.48. The Morgan fingerprint density at radius 2 is 1.79 bits per heavy atom. The van der Waals surface area contributed by atoms with Gasteiger partial charge in [-0.15, -0.1) is 24.0 Å². The van der Waals surface area contributed by atoms with Crippen molar-refractivity contribution >= 4 is 40.0 Å². The number of hydrogen-bond donors (Lipinski definition) is 3. The molecule has 0 atom stereocenters. The number of guanidine groups is 1. The fourth-order valence-electron chi connectivity index (χ4n) is 3.12. The van der Waals surface area contributed by atoms with Gasteiger partial charge in [-0.2, -0.15) is 0 Å². The molecular formula is C19H34IN5O2S. The Morgan fingerprint density at radius 1 is 1.18 bits per heavy atom. The zero-order valence-corrected chi connectivity index (χ0v) is 20.4. The fraction of sp³-hybridized carbons (Fsp3) is 0.632. The summed E-state index contributed by atoms with van der Waals surface area (Å²) in [7, 11) is -1.75. The van der Waals surface area contributed by atoms with Crippen LogP contribution in [0.25, 0.3) is 0 Å². The summed E-state index contributed by atoms with van der Waals surface area (Å²) in [5.41, 5.74) is 1.03. The van der Waals surface area contributed by atoms with Gasteiger partial charge in [0.1, 0.15) is 0 Å². The molecule has 9 heteroatoms. The normalized spacial score (nSPS) is 16.7. The first-order valence-electron chi connectivity index (χ1n) is 9.59. The molecule has 0 unspecified atom stereocenters. The van der Waals surface area contributed by atoms with Crippen LogP contribution in [0.1, 0.15) is 32.3 Å². The van der Waals surface area contributed by atoms with E-state index < -0.39 is 10.0 Å². The van der Waals surface area contributed by atoms with E-state index in [9.17, 15) is 8.42 Å². The lowest BCUT2D eigenvalue weighted by Gasteiger charge is -2.35. The highest BCUT2D eigenvalue weighted by molar-refractivity contribution is 14.0. The van der Waals surface area contributed by atoms with Gasteiger partial charge in [-0.3, -0.25) is 4.99 Å². The molecule has 0 bridgehead atoms. The Bertz CT molecular complexity index is 714. The standard InChI is InChI=1S/C19H33N5O2S.HI/c1-15(2)24-13-9-17(10-14-24)23-19(20-4)21-11-12-22-27(25,26)18-7-5-16(3)6-8-18;/h5-8,15,17,22H,9-14H2,1-4H3,(H2,20,21,23);1H. The molecule has 7 nitrogen and oxygen atoms in total. The predicted octanol–water partition coefficient (Wildman–Crippen LogP) is 1.93. The van der Waals surface area contributed by atoms with Gasteiger partial charge in [0.05, 0.1) is 4.90 Å². The third-order valence-corrected chi connectivity index (χ3v) is 6.34. The second kappa shape index (κ2) is 11.9. The maximum Gasteiger partial charge on any atom is 0.240 e. The van der Waals surface area contributed by atoms with E-state index in [0.717, 1.165) is 31.5 Å².